The van der Waals surface area contributed by atoms with Gasteiger partial charge in [-0.3, -0.25) is 20.2 Å². The molecule has 0 atom stereocenters. The summed E-state index contributed by atoms with van der Waals surface area (Å²) >= 11 is 6.20. The highest BCUT2D eigenvalue weighted by Gasteiger charge is 2.53. The average Bonchev–Trinajstić information content (AvgIpc) is 2.78. The lowest BCUT2D eigenvalue weighted by Gasteiger charge is -2.59. The lowest BCUT2D eigenvalue weighted by Crippen LogP contribution is -2.64. The number of aldehydes is 1. The first-order chi connectivity index (χ1) is 17.1. The van der Waals surface area contributed by atoms with Gasteiger partial charge in [-0.1, -0.05) is 11.6 Å². The summed E-state index contributed by atoms with van der Waals surface area (Å²) in [6, 6.07) is 5.82. The third kappa shape index (κ3) is 5.37. The zero-order valence-electron chi connectivity index (χ0n) is 20.3. The minimum absolute atomic E-state index is 0.00102. The maximum Gasteiger partial charge on any atom is 0.274 e. The smallest absolute Gasteiger partial charge is 0.274 e. The molecule has 7 nitrogen and oxygen atoms in total. The normalized spacial score (nSPS) is 17.6. The van der Waals surface area contributed by atoms with Crippen molar-refractivity contribution in [2.24, 2.45) is 5.41 Å². The zero-order chi connectivity index (χ0) is 26.1. The molecule has 2 fully saturated rings. The molecule has 36 heavy (non-hydrogen) atoms. The van der Waals surface area contributed by atoms with Gasteiger partial charge in [0.1, 0.15) is 11.2 Å². The van der Waals surface area contributed by atoms with Crippen LogP contribution in [0, 0.1) is 16.2 Å². The van der Waals surface area contributed by atoms with Crippen LogP contribution < -0.4 is 10.2 Å². The Balaban J connectivity index is 1.30. The van der Waals surface area contributed by atoms with E-state index in [1.54, 1.807) is 12.1 Å². The zero-order valence-corrected chi connectivity index (χ0v) is 21.1. The van der Waals surface area contributed by atoms with E-state index in [9.17, 15) is 13.6 Å². The van der Waals surface area contributed by atoms with E-state index in [0.717, 1.165) is 44.6 Å². The number of hydrogen-bond donors (Lipinski definition) is 2. The molecule has 1 aliphatic heterocycles. The van der Waals surface area contributed by atoms with Crippen molar-refractivity contribution >= 4 is 30.3 Å². The molecule has 0 radical (unpaired) electrons. The second-order valence-electron chi connectivity index (χ2n) is 9.92. The van der Waals surface area contributed by atoms with Crippen LogP contribution in [0.25, 0.3) is 6.08 Å². The van der Waals surface area contributed by atoms with Gasteiger partial charge < -0.3 is 14.5 Å². The molecule has 2 N–H and O–H groups in total. The van der Waals surface area contributed by atoms with Gasteiger partial charge in [-0.25, -0.2) is 8.78 Å². The van der Waals surface area contributed by atoms with Crippen LogP contribution in [0.2, 0.25) is 5.02 Å². The van der Waals surface area contributed by atoms with Gasteiger partial charge in [-0.15, -0.1) is 0 Å². The van der Waals surface area contributed by atoms with Crippen LogP contribution in [-0.2, 0) is 5.92 Å². The van der Waals surface area contributed by atoms with Gasteiger partial charge in [0, 0.05) is 68.5 Å². The average molecular weight is 518 g/mol. The van der Waals surface area contributed by atoms with Gasteiger partial charge in [0.25, 0.3) is 5.92 Å². The van der Waals surface area contributed by atoms with E-state index < -0.39 is 5.92 Å². The van der Waals surface area contributed by atoms with E-state index in [1.807, 2.05) is 36.2 Å². The van der Waals surface area contributed by atoms with Crippen LogP contribution in [0.15, 0.2) is 36.7 Å². The van der Waals surface area contributed by atoms with E-state index in [2.05, 4.69) is 0 Å². The summed E-state index contributed by atoms with van der Waals surface area (Å²) in [5, 5.41) is 15.3. The molecule has 1 aromatic heterocycles. The number of ether oxygens (including phenoxy) is 1. The number of rotatable bonds is 10. The fourth-order valence-corrected chi connectivity index (χ4v) is 5.20. The molecular weight excluding hydrogens is 488 g/mol. The highest BCUT2D eigenvalue weighted by Crippen LogP contribution is 2.50. The highest BCUT2D eigenvalue weighted by atomic mass is 35.5. The highest BCUT2D eigenvalue weighted by molar-refractivity contribution is 6.33. The van der Waals surface area contributed by atoms with Gasteiger partial charge in [-0.05, 0) is 49.4 Å². The number of alkyl halides is 2. The Labute approximate surface area is 213 Å². The van der Waals surface area contributed by atoms with Crippen molar-refractivity contribution in [3.8, 4) is 5.75 Å². The number of nitrogens with zero attached hydrogens (tertiary/aromatic N) is 3. The van der Waals surface area contributed by atoms with Crippen molar-refractivity contribution in [3.63, 3.8) is 0 Å². The SMILES string of the molecule is CN(C)/C=C\c1c(OC2CC3(C2)CN(CCC(F)(F)c2ccn(C=N)c(=N)c2)C3)ccc(Cl)c1C=O. The molecule has 10 heteroatoms. The van der Waals surface area contributed by atoms with Crippen LogP contribution in [0.1, 0.15) is 40.7 Å². The first-order valence-electron chi connectivity index (χ1n) is 11.7. The number of carbonyl (C=O) groups excluding carboxylic acids is 1. The summed E-state index contributed by atoms with van der Waals surface area (Å²) in [5.41, 5.74) is 0.783. The van der Waals surface area contributed by atoms with Crippen molar-refractivity contribution < 1.29 is 18.3 Å². The van der Waals surface area contributed by atoms with Crippen molar-refractivity contribution in [3.05, 3.63) is 63.9 Å². The molecule has 2 aromatic rings. The van der Waals surface area contributed by atoms with Crippen molar-refractivity contribution in [1.29, 1.82) is 10.8 Å². The third-order valence-electron chi connectivity index (χ3n) is 6.87. The number of aromatic nitrogens is 1. The molecule has 2 aliphatic rings. The summed E-state index contributed by atoms with van der Waals surface area (Å²) in [6.07, 6.45) is 7.95. The topological polar surface area (TPSA) is 85.4 Å². The predicted molar refractivity (Wildman–Crippen MR) is 135 cm³/mol. The lowest BCUT2D eigenvalue weighted by molar-refractivity contribution is -0.128. The van der Waals surface area contributed by atoms with Crippen molar-refractivity contribution in [2.45, 2.75) is 31.3 Å². The van der Waals surface area contributed by atoms with Gasteiger partial charge in [0.15, 0.2) is 6.29 Å². The Bertz CT molecular complexity index is 1230. The molecule has 1 aromatic carbocycles. The standard InChI is InChI=1S/C26H30ClF2N5O2/c1-32(2)8-6-20-21(14-35)22(27)3-4-23(20)36-19-12-25(13-19)15-33(16-25)10-7-26(28,29)18-5-9-34(17-30)24(31)11-18/h3-6,8-9,11,14,17,19,30-31H,7,10,12-13,15-16H2,1-2H3/b8-6-,30-17?,31-24?. The number of nitrogens with one attached hydrogen (secondary N) is 2. The number of halogens is 3. The van der Waals surface area contributed by atoms with Crippen molar-refractivity contribution in [2.75, 3.05) is 33.7 Å². The molecule has 1 aliphatic carbocycles. The molecular formula is C26H30ClF2N5O2. The van der Waals surface area contributed by atoms with Crippen LogP contribution in [0.4, 0.5) is 8.78 Å². The van der Waals surface area contributed by atoms with E-state index >= 15 is 0 Å². The molecule has 0 amide bonds. The van der Waals surface area contributed by atoms with E-state index in [1.165, 1.54) is 16.8 Å². The van der Waals surface area contributed by atoms with Gasteiger partial charge in [0.2, 0.25) is 0 Å². The van der Waals surface area contributed by atoms with Gasteiger partial charge in [-0.2, -0.15) is 0 Å². The maximum atomic E-state index is 14.7. The molecule has 2 heterocycles. The number of likely N-dealkylation sites (tertiary alicyclic amines) is 1. The van der Waals surface area contributed by atoms with Gasteiger partial charge >= 0.3 is 0 Å². The van der Waals surface area contributed by atoms with Crippen molar-refractivity contribution in [1.82, 2.24) is 14.4 Å². The maximum absolute atomic E-state index is 14.7. The lowest BCUT2D eigenvalue weighted by atomic mass is 9.61. The van der Waals surface area contributed by atoms with Gasteiger partial charge in [0.05, 0.1) is 17.5 Å². The quantitative estimate of drug-likeness (QED) is 0.277. The summed E-state index contributed by atoms with van der Waals surface area (Å²) in [6.45, 7) is 1.78. The van der Waals surface area contributed by atoms with E-state index in [4.69, 9.17) is 27.2 Å². The summed E-state index contributed by atoms with van der Waals surface area (Å²) in [7, 11) is 3.77. The second kappa shape index (κ2) is 10.1. The largest absolute Gasteiger partial charge is 0.490 e. The van der Waals surface area contributed by atoms with Crippen LogP contribution in [0.3, 0.4) is 0 Å². The number of pyridine rings is 1. The Kier molecular flexibility index (Phi) is 7.33. The monoisotopic (exact) mass is 517 g/mol. The summed E-state index contributed by atoms with van der Waals surface area (Å²) in [4.78, 5) is 15.5. The fourth-order valence-electron chi connectivity index (χ4n) is 4.99. The third-order valence-corrected chi connectivity index (χ3v) is 7.20. The minimum atomic E-state index is -3.04. The summed E-state index contributed by atoms with van der Waals surface area (Å²) < 4.78 is 36.8. The molecule has 1 spiro atoms. The van der Waals surface area contributed by atoms with E-state index in [0.29, 0.717) is 21.9 Å². The summed E-state index contributed by atoms with van der Waals surface area (Å²) in [5.74, 6) is -2.43. The Hall–Kier alpha value is -3.04. The molecule has 0 bridgehead atoms. The molecule has 192 valence electrons. The Morgan fingerprint density at radius 3 is 2.58 bits per heavy atom. The van der Waals surface area contributed by atoms with Crippen LogP contribution in [0.5, 0.6) is 5.75 Å². The second-order valence-corrected chi connectivity index (χ2v) is 10.3. The molecule has 1 saturated carbocycles. The van der Waals surface area contributed by atoms with Crippen LogP contribution in [-0.4, -0.2) is 66.8 Å². The molecule has 0 unspecified atom stereocenters. The van der Waals surface area contributed by atoms with E-state index in [-0.39, 0.29) is 35.5 Å². The first kappa shape index (κ1) is 26.0. The number of benzene rings is 1. The number of carbonyl (C=O) groups is 1. The first-order valence-corrected chi connectivity index (χ1v) is 12.1. The fraction of sp³-hybridized carbons (Fsp3) is 0.423. The predicted octanol–water partition coefficient (Wildman–Crippen LogP) is 4.45. The Morgan fingerprint density at radius 2 is 1.97 bits per heavy atom. The van der Waals surface area contributed by atoms with Crippen LogP contribution >= 0.6 is 11.6 Å². The molecule has 1 saturated heterocycles. The minimum Gasteiger partial charge on any atom is -0.490 e. The molecule has 4 rings (SSSR count). The number of hydrogen-bond acceptors (Lipinski definition) is 6. The Morgan fingerprint density at radius 1 is 1.25 bits per heavy atom.